The van der Waals surface area contributed by atoms with Crippen molar-refractivity contribution >= 4 is 17.1 Å². The molecule has 0 aliphatic carbocycles. The highest BCUT2D eigenvalue weighted by atomic mass is 32.2. The van der Waals surface area contributed by atoms with E-state index in [4.69, 9.17) is 4.74 Å². The van der Waals surface area contributed by atoms with Crippen LogP contribution in [0.4, 0.5) is 4.79 Å². The molecule has 1 aromatic rings. The third-order valence-corrected chi connectivity index (χ3v) is 6.77. The molecule has 1 spiro atoms. The minimum absolute atomic E-state index is 0.0895. The maximum Gasteiger partial charge on any atom is 0.410 e. The molecule has 2 aliphatic heterocycles. The normalized spacial score (nSPS) is 23.3. The molecule has 1 aromatic heterocycles. The Morgan fingerprint density at radius 3 is 2.44 bits per heavy atom. The van der Waals surface area contributed by atoms with Crippen LogP contribution >= 0.6 is 0 Å². The topological polar surface area (TPSA) is 89.3 Å². The molecule has 1 saturated heterocycles. The van der Waals surface area contributed by atoms with E-state index in [9.17, 15) is 9.00 Å². The zero-order valence-corrected chi connectivity index (χ0v) is 17.9. The van der Waals surface area contributed by atoms with Crippen molar-refractivity contribution in [3.8, 4) is 0 Å². The second-order valence-electron chi connectivity index (χ2n) is 9.58. The van der Waals surface area contributed by atoms with Gasteiger partial charge in [-0.1, -0.05) is 5.21 Å². The van der Waals surface area contributed by atoms with Gasteiger partial charge in [-0.25, -0.2) is 18.4 Å². The zero-order chi connectivity index (χ0) is 20.0. The largest absolute Gasteiger partial charge is 0.444 e. The Bertz CT molecular complexity index is 726. The van der Waals surface area contributed by atoms with Gasteiger partial charge in [-0.05, 0) is 54.4 Å². The fourth-order valence-corrected chi connectivity index (χ4v) is 4.63. The summed E-state index contributed by atoms with van der Waals surface area (Å²) in [6, 6.07) is -0.0895. The molecule has 1 N–H and O–H groups in total. The van der Waals surface area contributed by atoms with E-state index in [0.29, 0.717) is 13.1 Å². The van der Waals surface area contributed by atoms with Crippen LogP contribution in [0, 0.1) is 5.41 Å². The van der Waals surface area contributed by atoms with Crippen molar-refractivity contribution in [1.82, 2.24) is 24.6 Å². The molecule has 9 heteroatoms. The summed E-state index contributed by atoms with van der Waals surface area (Å²) < 4.78 is 23.2. The summed E-state index contributed by atoms with van der Waals surface area (Å²) in [4.78, 5) is 14.2. The molecule has 8 nitrogen and oxygen atoms in total. The van der Waals surface area contributed by atoms with E-state index < -0.39 is 16.6 Å². The number of aromatic nitrogens is 3. The van der Waals surface area contributed by atoms with Crippen LogP contribution in [0.15, 0.2) is 6.20 Å². The number of likely N-dealkylation sites (tertiary alicyclic amines) is 1. The highest BCUT2D eigenvalue weighted by Gasteiger charge is 2.50. The Hall–Kier alpha value is -1.48. The van der Waals surface area contributed by atoms with Crippen LogP contribution in [0.1, 0.15) is 66.1 Å². The Balaban J connectivity index is 1.74. The number of piperidine rings is 1. The van der Waals surface area contributed by atoms with E-state index in [1.165, 1.54) is 0 Å². The highest BCUT2D eigenvalue weighted by molar-refractivity contribution is 7.84. The third kappa shape index (κ3) is 4.18. The van der Waals surface area contributed by atoms with Gasteiger partial charge in [0.1, 0.15) is 5.60 Å². The Morgan fingerprint density at radius 2 is 1.89 bits per heavy atom. The van der Waals surface area contributed by atoms with E-state index in [2.05, 4.69) is 15.0 Å². The van der Waals surface area contributed by atoms with Crippen molar-refractivity contribution in [1.29, 1.82) is 0 Å². The van der Waals surface area contributed by atoms with Crippen LogP contribution in [-0.4, -0.2) is 53.6 Å². The molecule has 0 bridgehead atoms. The first-order valence-corrected chi connectivity index (χ1v) is 10.6. The number of fused-ring (bicyclic) bond motifs is 1. The average Bonchev–Trinajstić information content (AvgIpc) is 3.07. The minimum atomic E-state index is -1.20. The smallest absolute Gasteiger partial charge is 0.410 e. The van der Waals surface area contributed by atoms with E-state index in [1.807, 2.05) is 46.2 Å². The molecule has 3 rings (SSSR count). The number of hydrogen-bond acceptors (Lipinski definition) is 5. The summed E-state index contributed by atoms with van der Waals surface area (Å²) in [6.07, 6.45) is 3.09. The Morgan fingerprint density at radius 1 is 1.26 bits per heavy atom. The molecule has 152 valence electrons. The van der Waals surface area contributed by atoms with E-state index in [0.717, 1.165) is 25.1 Å². The van der Waals surface area contributed by atoms with Gasteiger partial charge in [0.05, 0.1) is 40.2 Å². The summed E-state index contributed by atoms with van der Waals surface area (Å²) in [6.45, 7) is 13.5. The standard InChI is InChI=1S/C18H31N5O3S/c1-16(2,3)26-15(24)22-9-7-18(8-10-22)12-23-13(11-19-21-23)14(18)20-27(25)17(4,5)6/h11,14,20H,7-10,12H2,1-6H3/t14-,27-/m1/s1. The summed E-state index contributed by atoms with van der Waals surface area (Å²) in [7, 11) is -1.20. The fraction of sp³-hybridized carbons (Fsp3) is 0.833. The summed E-state index contributed by atoms with van der Waals surface area (Å²) >= 11 is 0. The van der Waals surface area contributed by atoms with Crippen molar-refractivity contribution < 1.29 is 13.7 Å². The molecular weight excluding hydrogens is 366 g/mol. The van der Waals surface area contributed by atoms with Gasteiger partial charge in [-0.2, -0.15) is 0 Å². The van der Waals surface area contributed by atoms with E-state index in [-0.39, 0.29) is 22.3 Å². The second-order valence-corrected chi connectivity index (χ2v) is 11.6. The van der Waals surface area contributed by atoms with Crippen molar-refractivity contribution in [2.75, 3.05) is 13.1 Å². The van der Waals surface area contributed by atoms with Gasteiger partial charge in [0.2, 0.25) is 0 Å². The molecule has 0 saturated carbocycles. The van der Waals surface area contributed by atoms with Crippen LogP contribution < -0.4 is 4.72 Å². The van der Waals surface area contributed by atoms with Crippen molar-refractivity contribution in [3.05, 3.63) is 11.9 Å². The molecule has 0 unspecified atom stereocenters. The minimum Gasteiger partial charge on any atom is -0.444 e. The molecule has 0 radical (unpaired) electrons. The van der Waals surface area contributed by atoms with E-state index >= 15 is 0 Å². The zero-order valence-electron chi connectivity index (χ0n) is 17.1. The number of rotatable bonds is 2. The lowest BCUT2D eigenvalue weighted by Crippen LogP contribution is -2.50. The van der Waals surface area contributed by atoms with Gasteiger partial charge in [0, 0.05) is 18.5 Å². The number of carbonyl (C=O) groups is 1. The molecule has 2 aliphatic rings. The van der Waals surface area contributed by atoms with Crippen molar-refractivity contribution in [3.63, 3.8) is 0 Å². The van der Waals surface area contributed by atoms with Gasteiger partial charge in [0.15, 0.2) is 0 Å². The predicted molar refractivity (Wildman–Crippen MR) is 103 cm³/mol. The van der Waals surface area contributed by atoms with Crippen molar-refractivity contribution in [2.45, 2.75) is 77.3 Å². The van der Waals surface area contributed by atoms with Crippen LogP contribution in [0.25, 0.3) is 0 Å². The number of ether oxygens (including phenoxy) is 1. The van der Waals surface area contributed by atoms with Crippen LogP contribution in [0.2, 0.25) is 0 Å². The lowest BCUT2D eigenvalue weighted by molar-refractivity contribution is 0.00561. The molecule has 1 fully saturated rings. The lowest BCUT2D eigenvalue weighted by Gasteiger charge is -2.43. The lowest BCUT2D eigenvalue weighted by atomic mass is 9.74. The van der Waals surface area contributed by atoms with Gasteiger partial charge in [0.25, 0.3) is 0 Å². The summed E-state index contributed by atoms with van der Waals surface area (Å²) in [5.41, 5.74) is 0.352. The average molecular weight is 398 g/mol. The Labute approximate surface area is 163 Å². The molecule has 27 heavy (non-hydrogen) atoms. The van der Waals surface area contributed by atoms with E-state index in [1.54, 1.807) is 11.1 Å². The van der Waals surface area contributed by atoms with Crippen molar-refractivity contribution in [2.24, 2.45) is 5.41 Å². The summed E-state index contributed by atoms with van der Waals surface area (Å²) in [5.74, 6) is 0. The van der Waals surface area contributed by atoms with Crippen LogP contribution in [0.5, 0.6) is 0 Å². The van der Waals surface area contributed by atoms with Crippen LogP contribution in [0.3, 0.4) is 0 Å². The number of amides is 1. The number of carbonyl (C=O) groups excluding carboxylic acids is 1. The maximum absolute atomic E-state index is 12.8. The number of nitrogens with one attached hydrogen (secondary N) is 1. The highest BCUT2D eigenvalue weighted by Crippen LogP contribution is 2.49. The predicted octanol–water partition coefficient (Wildman–Crippen LogP) is 2.40. The molecule has 3 heterocycles. The first-order valence-electron chi connectivity index (χ1n) is 9.46. The van der Waals surface area contributed by atoms with Gasteiger partial charge in [-0.3, -0.25) is 0 Å². The molecule has 0 aromatic carbocycles. The quantitative estimate of drug-likeness (QED) is 0.828. The van der Waals surface area contributed by atoms with Gasteiger partial charge >= 0.3 is 6.09 Å². The summed E-state index contributed by atoms with van der Waals surface area (Å²) in [5, 5.41) is 8.21. The third-order valence-electron chi connectivity index (χ3n) is 5.21. The SMILES string of the molecule is CC(C)(C)OC(=O)N1CCC2(CC1)Cn1nncc1[C@H]2N[S@](=O)C(C)(C)C. The van der Waals surface area contributed by atoms with Gasteiger partial charge < -0.3 is 9.64 Å². The molecular formula is C18H31N5O3S. The number of nitrogens with zero attached hydrogens (tertiary/aromatic N) is 4. The molecule has 1 amide bonds. The monoisotopic (exact) mass is 397 g/mol. The van der Waals surface area contributed by atoms with Crippen LogP contribution in [-0.2, 0) is 22.3 Å². The molecule has 2 atom stereocenters. The fourth-order valence-electron chi connectivity index (χ4n) is 3.69. The first kappa shape index (κ1) is 20.3. The second kappa shape index (κ2) is 6.84. The first-order chi connectivity index (χ1) is 12.4. The maximum atomic E-state index is 12.8. The number of hydrogen-bond donors (Lipinski definition) is 1. The Kier molecular flexibility index (Phi) is 5.14. The van der Waals surface area contributed by atoms with Gasteiger partial charge in [-0.15, -0.1) is 5.10 Å².